The summed E-state index contributed by atoms with van der Waals surface area (Å²) in [6.07, 6.45) is 6.17. The fourth-order valence-corrected chi connectivity index (χ4v) is 2.03. The Morgan fingerprint density at radius 1 is 1.39 bits per heavy atom. The highest BCUT2D eigenvalue weighted by atomic mass is 15.3. The molecule has 7 heteroatoms. The Bertz CT molecular complexity index is 666. The Balaban J connectivity index is 1.93. The molecule has 3 rings (SSSR count). The van der Waals surface area contributed by atoms with Crippen LogP contribution in [-0.2, 0) is 6.42 Å². The summed E-state index contributed by atoms with van der Waals surface area (Å²) in [5.74, 6) is 0.912. The van der Waals surface area contributed by atoms with E-state index in [-0.39, 0.29) is 6.04 Å². The molecule has 0 aliphatic rings. The van der Waals surface area contributed by atoms with Crippen molar-refractivity contribution < 1.29 is 0 Å². The molecule has 0 saturated carbocycles. The number of aromatic nitrogens is 6. The van der Waals surface area contributed by atoms with Gasteiger partial charge in [0.15, 0.2) is 11.3 Å². The van der Waals surface area contributed by atoms with Crippen molar-refractivity contribution >= 4 is 16.8 Å². The van der Waals surface area contributed by atoms with Gasteiger partial charge in [-0.15, -0.1) is 10.2 Å². The molecule has 3 N–H and O–H groups in total. The van der Waals surface area contributed by atoms with Crippen molar-refractivity contribution in [2.45, 2.75) is 32.2 Å². The van der Waals surface area contributed by atoms with Gasteiger partial charge in [0, 0.05) is 12.5 Å². The van der Waals surface area contributed by atoms with Crippen LogP contribution in [0.2, 0.25) is 0 Å². The second-order valence-electron chi connectivity index (χ2n) is 4.53. The van der Waals surface area contributed by atoms with Gasteiger partial charge in [0.25, 0.3) is 0 Å². The summed E-state index contributed by atoms with van der Waals surface area (Å²) in [6, 6.07) is 0.224. The number of nitrogens with one attached hydrogen (secondary N) is 1. The first-order valence-electron chi connectivity index (χ1n) is 6.03. The van der Waals surface area contributed by atoms with Crippen LogP contribution in [0.25, 0.3) is 16.8 Å². The van der Waals surface area contributed by atoms with E-state index in [0.717, 1.165) is 36.3 Å². The van der Waals surface area contributed by atoms with Crippen molar-refractivity contribution in [3.63, 3.8) is 0 Å². The highest BCUT2D eigenvalue weighted by molar-refractivity contribution is 5.84. The first-order valence-corrected chi connectivity index (χ1v) is 6.03. The second-order valence-corrected chi connectivity index (χ2v) is 4.53. The summed E-state index contributed by atoms with van der Waals surface area (Å²) < 4.78 is 1.90. The molecule has 0 amide bonds. The lowest BCUT2D eigenvalue weighted by molar-refractivity contribution is 0.611. The van der Waals surface area contributed by atoms with Gasteiger partial charge < -0.3 is 10.7 Å². The number of aryl methyl sites for hydroxylation is 1. The van der Waals surface area contributed by atoms with Crippen molar-refractivity contribution in [2.75, 3.05) is 0 Å². The Kier molecular flexibility index (Phi) is 2.67. The number of nitrogens with zero attached hydrogens (tertiary/aromatic N) is 5. The van der Waals surface area contributed by atoms with E-state index in [0.29, 0.717) is 5.65 Å². The maximum absolute atomic E-state index is 5.74. The number of aromatic amines is 1. The smallest absolute Gasteiger partial charge is 0.189 e. The van der Waals surface area contributed by atoms with E-state index in [2.05, 4.69) is 25.1 Å². The fourth-order valence-electron chi connectivity index (χ4n) is 2.03. The Morgan fingerprint density at radius 3 is 3.11 bits per heavy atom. The SMILES string of the molecule is CC(N)CCCc1nnc2c3[nH]cnc3ncn12. The molecule has 0 radical (unpaired) electrons. The average molecular weight is 245 g/mol. The van der Waals surface area contributed by atoms with E-state index in [9.17, 15) is 0 Å². The lowest BCUT2D eigenvalue weighted by Gasteiger charge is -2.03. The number of hydrogen-bond acceptors (Lipinski definition) is 5. The van der Waals surface area contributed by atoms with E-state index in [1.165, 1.54) is 0 Å². The molecular formula is C11H15N7. The highest BCUT2D eigenvalue weighted by Crippen LogP contribution is 2.14. The third-order valence-corrected chi connectivity index (χ3v) is 2.96. The van der Waals surface area contributed by atoms with Crippen LogP contribution in [0.3, 0.4) is 0 Å². The van der Waals surface area contributed by atoms with Gasteiger partial charge in [0.1, 0.15) is 17.7 Å². The normalized spacial score (nSPS) is 13.4. The minimum Gasteiger partial charge on any atom is -0.340 e. The van der Waals surface area contributed by atoms with E-state index in [4.69, 9.17) is 5.73 Å². The fraction of sp³-hybridized carbons (Fsp3) is 0.455. The molecule has 94 valence electrons. The zero-order valence-electron chi connectivity index (χ0n) is 10.2. The van der Waals surface area contributed by atoms with Gasteiger partial charge in [0.2, 0.25) is 0 Å². The van der Waals surface area contributed by atoms with Crippen molar-refractivity contribution in [2.24, 2.45) is 5.73 Å². The summed E-state index contributed by atoms with van der Waals surface area (Å²) in [4.78, 5) is 11.4. The third-order valence-electron chi connectivity index (χ3n) is 2.96. The molecule has 0 saturated heterocycles. The zero-order chi connectivity index (χ0) is 12.5. The molecule has 0 aliphatic carbocycles. The minimum absolute atomic E-state index is 0.224. The predicted molar refractivity (Wildman–Crippen MR) is 67.0 cm³/mol. The van der Waals surface area contributed by atoms with E-state index in [1.54, 1.807) is 12.7 Å². The Labute approximate surface area is 103 Å². The van der Waals surface area contributed by atoms with Crippen LogP contribution in [0.5, 0.6) is 0 Å². The van der Waals surface area contributed by atoms with Crippen molar-refractivity contribution in [3.8, 4) is 0 Å². The summed E-state index contributed by atoms with van der Waals surface area (Å²) in [5, 5.41) is 8.39. The van der Waals surface area contributed by atoms with Crippen LogP contribution in [0.1, 0.15) is 25.6 Å². The van der Waals surface area contributed by atoms with Crippen LogP contribution in [0, 0.1) is 0 Å². The number of rotatable bonds is 4. The third kappa shape index (κ3) is 1.82. The molecular weight excluding hydrogens is 230 g/mol. The minimum atomic E-state index is 0.224. The molecule has 1 unspecified atom stereocenters. The number of nitrogens with two attached hydrogens (primary N) is 1. The topological polar surface area (TPSA) is 97.8 Å². The Morgan fingerprint density at radius 2 is 2.28 bits per heavy atom. The van der Waals surface area contributed by atoms with Gasteiger partial charge in [-0.2, -0.15) is 0 Å². The molecule has 0 bridgehead atoms. The van der Waals surface area contributed by atoms with Crippen LogP contribution in [0.15, 0.2) is 12.7 Å². The first-order chi connectivity index (χ1) is 8.75. The molecule has 3 aromatic heterocycles. The van der Waals surface area contributed by atoms with E-state index in [1.807, 2.05) is 11.3 Å². The van der Waals surface area contributed by atoms with Crippen LogP contribution < -0.4 is 5.73 Å². The first kappa shape index (κ1) is 11.1. The van der Waals surface area contributed by atoms with Crippen molar-refractivity contribution in [3.05, 3.63) is 18.5 Å². The largest absolute Gasteiger partial charge is 0.340 e. The highest BCUT2D eigenvalue weighted by Gasteiger charge is 2.10. The number of imidazole rings is 1. The molecule has 0 aliphatic heterocycles. The van der Waals surface area contributed by atoms with Gasteiger partial charge >= 0.3 is 0 Å². The van der Waals surface area contributed by atoms with Crippen LogP contribution in [-0.4, -0.2) is 35.6 Å². The summed E-state index contributed by atoms with van der Waals surface area (Å²) >= 11 is 0. The summed E-state index contributed by atoms with van der Waals surface area (Å²) in [7, 11) is 0. The average Bonchev–Trinajstić information content (AvgIpc) is 2.93. The lowest BCUT2D eigenvalue weighted by Crippen LogP contribution is -2.14. The van der Waals surface area contributed by atoms with Crippen LogP contribution >= 0.6 is 0 Å². The second kappa shape index (κ2) is 4.34. The monoisotopic (exact) mass is 245 g/mol. The number of fused-ring (bicyclic) bond motifs is 3. The van der Waals surface area contributed by atoms with E-state index < -0.39 is 0 Å². The van der Waals surface area contributed by atoms with Gasteiger partial charge in [-0.1, -0.05) is 0 Å². The van der Waals surface area contributed by atoms with Crippen LogP contribution in [0.4, 0.5) is 0 Å². The maximum atomic E-state index is 5.74. The van der Waals surface area contributed by atoms with Gasteiger partial charge in [-0.25, -0.2) is 9.97 Å². The van der Waals surface area contributed by atoms with Crippen molar-refractivity contribution in [1.82, 2.24) is 29.5 Å². The molecule has 7 nitrogen and oxygen atoms in total. The van der Waals surface area contributed by atoms with Gasteiger partial charge in [-0.05, 0) is 19.8 Å². The number of H-pyrrole nitrogens is 1. The standard InChI is InChI=1S/C11H15N7/c1-7(12)3-2-4-8-16-17-11-9-10(14-5-13-9)15-6-18(8)11/h5-7H,2-4,12H2,1H3,(H,13,14). The Hall–Kier alpha value is -2.02. The maximum Gasteiger partial charge on any atom is 0.189 e. The van der Waals surface area contributed by atoms with E-state index >= 15 is 0 Å². The molecule has 0 spiro atoms. The predicted octanol–water partition coefficient (Wildman–Crippen LogP) is 0.670. The van der Waals surface area contributed by atoms with Gasteiger partial charge in [0.05, 0.1) is 6.33 Å². The zero-order valence-corrected chi connectivity index (χ0v) is 10.2. The molecule has 0 aromatic carbocycles. The summed E-state index contributed by atoms with van der Waals surface area (Å²) in [6.45, 7) is 2.01. The molecule has 3 aromatic rings. The molecule has 18 heavy (non-hydrogen) atoms. The van der Waals surface area contributed by atoms with Crippen molar-refractivity contribution in [1.29, 1.82) is 0 Å². The van der Waals surface area contributed by atoms with Gasteiger partial charge in [-0.3, -0.25) is 4.40 Å². The molecule has 0 fully saturated rings. The molecule has 3 heterocycles. The molecule has 1 atom stereocenters. The summed E-state index contributed by atoms with van der Waals surface area (Å²) in [5.41, 5.74) is 7.99. The lowest BCUT2D eigenvalue weighted by atomic mass is 10.1. The quantitative estimate of drug-likeness (QED) is 0.704. The number of hydrogen-bond donors (Lipinski definition) is 2.